The molecule has 0 bridgehead atoms. The maximum Gasteiger partial charge on any atom is 0.224 e. The average Bonchev–Trinajstić information content (AvgIpc) is 2.87. The van der Waals surface area contributed by atoms with Gasteiger partial charge in [0.2, 0.25) is 5.91 Å². The maximum atomic E-state index is 12.7. The highest BCUT2D eigenvalue weighted by molar-refractivity contribution is 5.76. The Morgan fingerprint density at radius 3 is 2.52 bits per heavy atom. The lowest BCUT2D eigenvalue weighted by molar-refractivity contribution is -0.134. The number of amides is 1. The van der Waals surface area contributed by atoms with Crippen LogP contribution in [0, 0.1) is 20.8 Å². The summed E-state index contributed by atoms with van der Waals surface area (Å²) in [6.45, 7) is 9.30. The topological polar surface area (TPSA) is 41.4 Å². The summed E-state index contributed by atoms with van der Waals surface area (Å²) in [4.78, 5) is 17.1. The molecule has 2 heterocycles. The molecule has 3 rings (SSSR count). The van der Waals surface area contributed by atoms with E-state index < -0.39 is 0 Å². The first-order chi connectivity index (χ1) is 12.0. The SMILES string of the molecule is Cc1nn(CCC(=O)N2CCN(C)[C@H](c3ccccc3)C2)c(C)c1C. The van der Waals surface area contributed by atoms with E-state index in [1.807, 2.05) is 22.6 Å². The molecule has 0 N–H and O–H groups in total. The van der Waals surface area contributed by atoms with Crippen molar-refractivity contribution < 1.29 is 4.79 Å². The maximum absolute atomic E-state index is 12.7. The van der Waals surface area contributed by atoms with Crippen molar-refractivity contribution in [1.29, 1.82) is 0 Å². The van der Waals surface area contributed by atoms with Gasteiger partial charge in [-0.3, -0.25) is 14.4 Å². The van der Waals surface area contributed by atoms with Crippen molar-refractivity contribution in [3.8, 4) is 0 Å². The van der Waals surface area contributed by atoms with Gasteiger partial charge in [-0.05, 0) is 38.9 Å². The molecule has 25 heavy (non-hydrogen) atoms. The number of aryl methyl sites for hydroxylation is 2. The first-order valence-electron chi connectivity index (χ1n) is 9.01. The Morgan fingerprint density at radius 2 is 1.88 bits per heavy atom. The second-order valence-corrected chi connectivity index (χ2v) is 7.02. The highest BCUT2D eigenvalue weighted by Crippen LogP contribution is 2.24. The second-order valence-electron chi connectivity index (χ2n) is 7.02. The van der Waals surface area contributed by atoms with E-state index in [2.05, 4.69) is 55.2 Å². The number of carbonyl (C=O) groups excluding carboxylic acids is 1. The Morgan fingerprint density at radius 1 is 1.16 bits per heavy atom. The van der Waals surface area contributed by atoms with E-state index in [0.29, 0.717) is 13.0 Å². The number of aromatic nitrogens is 2. The van der Waals surface area contributed by atoms with Crippen LogP contribution in [0.4, 0.5) is 0 Å². The molecule has 1 aromatic carbocycles. The summed E-state index contributed by atoms with van der Waals surface area (Å²) in [7, 11) is 2.14. The summed E-state index contributed by atoms with van der Waals surface area (Å²) in [6.07, 6.45) is 0.507. The number of hydrogen-bond acceptors (Lipinski definition) is 3. The van der Waals surface area contributed by atoms with Crippen LogP contribution in [0.1, 0.15) is 35.0 Å². The fraction of sp³-hybridized carbons (Fsp3) is 0.500. The van der Waals surface area contributed by atoms with Crippen molar-refractivity contribution in [3.05, 3.63) is 52.8 Å². The van der Waals surface area contributed by atoms with Crippen LogP contribution in [0.3, 0.4) is 0 Å². The van der Waals surface area contributed by atoms with Gasteiger partial charge in [0.1, 0.15) is 0 Å². The van der Waals surface area contributed by atoms with Crippen LogP contribution >= 0.6 is 0 Å². The number of likely N-dealkylation sites (N-methyl/N-ethyl adjacent to an activating group) is 1. The van der Waals surface area contributed by atoms with E-state index in [-0.39, 0.29) is 11.9 Å². The molecule has 5 nitrogen and oxygen atoms in total. The molecule has 0 aliphatic carbocycles. The number of hydrogen-bond donors (Lipinski definition) is 0. The quantitative estimate of drug-likeness (QED) is 0.859. The lowest BCUT2D eigenvalue weighted by Crippen LogP contribution is -2.49. The van der Waals surface area contributed by atoms with Gasteiger partial charge in [0, 0.05) is 38.3 Å². The molecule has 0 saturated carbocycles. The first-order valence-corrected chi connectivity index (χ1v) is 9.01. The van der Waals surface area contributed by atoms with Crippen LogP contribution < -0.4 is 0 Å². The van der Waals surface area contributed by atoms with Gasteiger partial charge >= 0.3 is 0 Å². The molecule has 1 fully saturated rings. The van der Waals surface area contributed by atoms with E-state index in [1.165, 1.54) is 11.1 Å². The number of benzene rings is 1. The third-order valence-corrected chi connectivity index (χ3v) is 5.47. The van der Waals surface area contributed by atoms with Crippen molar-refractivity contribution in [2.75, 3.05) is 26.7 Å². The Bertz CT molecular complexity index is 738. The average molecular weight is 340 g/mol. The van der Waals surface area contributed by atoms with Gasteiger partial charge in [-0.15, -0.1) is 0 Å². The molecule has 1 atom stereocenters. The summed E-state index contributed by atoms with van der Waals surface area (Å²) >= 11 is 0. The zero-order valence-electron chi connectivity index (χ0n) is 15.7. The lowest BCUT2D eigenvalue weighted by Gasteiger charge is -2.39. The minimum absolute atomic E-state index is 0.222. The molecule has 1 aromatic heterocycles. The van der Waals surface area contributed by atoms with Gasteiger partial charge < -0.3 is 4.90 Å². The lowest BCUT2D eigenvalue weighted by atomic mass is 10.0. The molecule has 2 aromatic rings. The Kier molecular flexibility index (Phi) is 5.23. The van der Waals surface area contributed by atoms with Gasteiger partial charge in [0.25, 0.3) is 0 Å². The normalized spacial score (nSPS) is 18.6. The summed E-state index contributed by atoms with van der Waals surface area (Å²) in [5.41, 5.74) is 4.70. The summed E-state index contributed by atoms with van der Waals surface area (Å²) in [6, 6.07) is 10.7. The smallest absolute Gasteiger partial charge is 0.224 e. The molecule has 0 spiro atoms. The fourth-order valence-corrected chi connectivity index (χ4v) is 3.50. The molecule has 134 valence electrons. The van der Waals surface area contributed by atoms with Gasteiger partial charge in [0.05, 0.1) is 11.7 Å². The molecule has 0 radical (unpaired) electrons. The summed E-state index contributed by atoms with van der Waals surface area (Å²) < 4.78 is 1.97. The number of piperazine rings is 1. The van der Waals surface area contributed by atoms with Gasteiger partial charge in [-0.25, -0.2) is 0 Å². The second kappa shape index (κ2) is 7.40. The van der Waals surface area contributed by atoms with E-state index in [4.69, 9.17) is 0 Å². The molecular formula is C20H28N4O. The van der Waals surface area contributed by atoms with Crippen LogP contribution in [0.5, 0.6) is 0 Å². The summed E-state index contributed by atoms with van der Waals surface area (Å²) in [5, 5.41) is 4.54. The highest BCUT2D eigenvalue weighted by atomic mass is 16.2. The van der Waals surface area contributed by atoms with Gasteiger partial charge in [0.15, 0.2) is 0 Å². The van der Waals surface area contributed by atoms with E-state index in [1.54, 1.807) is 0 Å². The van der Waals surface area contributed by atoms with Crippen LogP contribution in [0.25, 0.3) is 0 Å². The number of nitrogens with zero attached hydrogens (tertiary/aromatic N) is 4. The zero-order valence-corrected chi connectivity index (χ0v) is 15.7. The van der Waals surface area contributed by atoms with Crippen molar-refractivity contribution in [2.24, 2.45) is 0 Å². The third kappa shape index (κ3) is 3.76. The molecular weight excluding hydrogens is 312 g/mol. The minimum Gasteiger partial charge on any atom is -0.339 e. The largest absolute Gasteiger partial charge is 0.339 e. The Labute approximate surface area is 150 Å². The predicted octanol–water partition coefficient (Wildman–Crippen LogP) is 2.71. The van der Waals surface area contributed by atoms with Crippen molar-refractivity contribution in [2.45, 2.75) is 39.8 Å². The van der Waals surface area contributed by atoms with Crippen molar-refractivity contribution >= 4 is 5.91 Å². The standard InChI is InChI=1S/C20H28N4O/c1-15-16(2)21-24(17(15)3)11-10-20(25)23-13-12-22(4)19(14-23)18-8-6-5-7-9-18/h5-9,19H,10-14H2,1-4H3/t19-/m0/s1. The van der Waals surface area contributed by atoms with Crippen molar-refractivity contribution in [3.63, 3.8) is 0 Å². The molecule has 1 saturated heterocycles. The Hall–Kier alpha value is -2.14. The first kappa shape index (κ1) is 17.7. The van der Waals surface area contributed by atoms with E-state index >= 15 is 0 Å². The van der Waals surface area contributed by atoms with Gasteiger partial charge in [-0.1, -0.05) is 30.3 Å². The van der Waals surface area contributed by atoms with Crippen LogP contribution in [0.15, 0.2) is 30.3 Å². The minimum atomic E-state index is 0.222. The van der Waals surface area contributed by atoms with E-state index in [0.717, 1.165) is 31.0 Å². The highest BCUT2D eigenvalue weighted by Gasteiger charge is 2.28. The van der Waals surface area contributed by atoms with Crippen LogP contribution in [0.2, 0.25) is 0 Å². The van der Waals surface area contributed by atoms with Crippen LogP contribution in [-0.4, -0.2) is 52.2 Å². The molecule has 5 heteroatoms. The monoisotopic (exact) mass is 340 g/mol. The van der Waals surface area contributed by atoms with Crippen LogP contribution in [-0.2, 0) is 11.3 Å². The fourth-order valence-electron chi connectivity index (χ4n) is 3.50. The van der Waals surface area contributed by atoms with Crippen molar-refractivity contribution in [1.82, 2.24) is 19.6 Å². The van der Waals surface area contributed by atoms with E-state index in [9.17, 15) is 4.79 Å². The predicted molar refractivity (Wildman–Crippen MR) is 99.4 cm³/mol. The Balaban J connectivity index is 1.63. The molecule has 1 aliphatic rings. The summed E-state index contributed by atoms with van der Waals surface area (Å²) in [5.74, 6) is 0.222. The van der Waals surface area contributed by atoms with Gasteiger partial charge in [-0.2, -0.15) is 5.10 Å². The number of carbonyl (C=O) groups is 1. The third-order valence-electron chi connectivity index (χ3n) is 5.47. The molecule has 1 aliphatic heterocycles. The molecule has 0 unspecified atom stereocenters. The number of rotatable bonds is 4. The molecule has 1 amide bonds. The zero-order chi connectivity index (χ0) is 18.0.